The van der Waals surface area contributed by atoms with Crippen molar-refractivity contribution in [2.24, 2.45) is 5.92 Å². The van der Waals surface area contributed by atoms with E-state index in [0.717, 1.165) is 31.9 Å². The van der Waals surface area contributed by atoms with Crippen molar-refractivity contribution in [1.29, 1.82) is 0 Å². The average Bonchev–Trinajstić information content (AvgIpc) is 3.53. The molecule has 9 nitrogen and oxygen atoms in total. The van der Waals surface area contributed by atoms with Gasteiger partial charge in [-0.15, -0.1) is 10.2 Å². The van der Waals surface area contributed by atoms with Crippen LogP contribution in [0, 0.1) is 5.92 Å². The maximum Gasteiger partial charge on any atom is 0.434 e. The second-order valence-electron chi connectivity index (χ2n) is 8.10. The molecule has 0 saturated heterocycles. The molecule has 0 atom stereocenters. The van der Waals surface area contributed by atoms with Gasteiger partial charge in [-0.3, -0.25) is 9.59 Å². The fourth-order valence-corrected chi connectivity index (χ4v) is 3.96. The number of methoxy groups -OCH3 is 1. The monoisotopic (exact) mass is 488 g/mol. The van der Waals surface area contributed by atoms with Crippen molar-refractivity contribution in [3.8, 4) is 11.7 Å². The molecule has 2 amide bonds. The summed E-state index contributed by atoms with van der Waals surface area (Å²) in [5.41, 5.74) is -0.743. The summed E-state index contributed by atoms with van der Waals surface area (Å²) in [5, 5.41) is 16.4. The number of hydrogen-bond acceptors (Lipinski definition) is 6. The predicted molar refractivity (Wildman–Crippen MR) is 119 cm³/mol. The maximum atomic E-state index is 13.8. The number of benzene rings is 1. The summed E-state index contributed by atoms with van der Waals surface area (Å²) in [7, 11) is 1.35. The lowest BCUT2D eigenvalue weighted by Crippen LogP contribution is -2.26. The van der Waals surface area contributed by atoms with E-state index in [1.807, 2.05) is 0 Å². The highest BCUT2D eigenvalue weighted by atomic mass is 19.4. The highest BCUT2D eigenvalue weighted by Crippen LogP contribution is 2.33. The molecular weight excluding hydrogens is 465 g/mol. The zero-order chi connectivity index (χ0) is 25.0. The van der Waals surface area contributed by atoms with Gasteiger partial charge in [0.2, 0.25) is 11.8 Å². The molecule has 0 radical (unpaired) electrons. The number of hydrogen-bond donors (Lipinski definition) is 2. The molecule has 35 heavy (non-hydrogen) atoms. The first-order valence-corrected chi connectivity index (χ1v) is 11.0. The Hall–Kier alpha value is -3.96. The minimum atomic E-state index is -4.88. The number of rotatable bonds is 7. The molecule has 1 fully saturated rings. The molecule has 1 saturated carbocycles. The smallest absolute Gasteiger partial charge is 0.434 e. The molecule has 0 bridgehead atoms. The van der Waals surface area contributed by atoms with Gasteiger partial charge >= 0.3 is 6.18 Å². The molecule has 12 heteroatoms. The molecule has 2 aromatic heterocycles. The van der Waals surface area contributed by atoms with Gasteiger partial charge in [0.1, 0.15) is 0 Å². The Kier molecular flexibility index (Phi) is 6.99. The standard InChI is InChI=1S/C23H23F3N6O3/c1-35-19-10-9-18(30-31-19)32-20(23(24,25)26)17(13-28-32)22(34)27-12-14-5-4-8-16(11-14)29-21(33)15-6-2-3-7-15/h4-5,8-11,13,15H,2-3,6-7,12H2,1H3,(H,27,34)(H,29,33). The highest BCUT2D eigenvalue weighted by Gasteiger charge is 2.41. The van der Waals surface area contributed by atoms with Crippen LogP contribution in [0.3, 0.4) is 0 Å². The Morgan fingerprint density at radius 3 is 2.57 bits per heavy atom. The van der Waals surface area contributed by atoms with Gasteiger partial charge in [0.25, 0.3) is 5.91 Å². The minimum Gasteiger partial charge on any atom is -0.480 e. The Morgan fingerprint density at radius 2 is 1.91 bits per heavy atom. The molecule has 2 N–H and O–H groups in total. The first-order chi connectivity index (χ1) is 16.8. The number of aromatic nitrogens is 4. The molecule has 0 aliphatic heterocycles. The summed E-state index contributed by atoms with van der Waals surface area (Å²) < 4.78 is 46.9. The molecule has 0 unspecified atom stereocenters. The summed E-state index contributed by atoms with van der Waals surface area (Å²) in [4.78, 5) is 25.0. The van der Waals surface area contributed by atoms with Crippen molar-refractivity contribution in [2.45, 2.75) is 38.4 Å². The van der Waals surface area contributed by atoms with E-state index >= 15 is 0 Å². The van der Waals surface area contributed by atoms with Crippen LogP contribution in [-0.4, -0.2) is 38.9 Å². The summed E-state index contributed by atoms with van der Waals surface area (Å²) in [6, 6.07) is 9.39. The lowest BCUT2D eigenvalue weighted by molar-refractivity contribution is -0.143. The Bertz CT molecular complexity index is 1200. The van der Waals surface area contributed by atoms with Crippen LogP contribution < -0.4 is 15.4 Å². The lowest BCUT2D eigenvalue weighted by Gasteiger charge is -2.13. The van der Waals surface area contributed by atoms with Crippen LogP contribution in [0.25, 0.3) is 5.82 Å². The van der Waals surface area contributed by atoms with Gasteiger partial charge in [-0.25, -0.2) is 4.68 Å². The van der Waals surface area contributed by atoms with Gasteiger partial charge in [0, 0.05) is 24.2 Å². The maximum absolute atomic E-state index is 13.8. The van der Waals surface area contributed by atoms with Crippen LogP contribution in [-0.2, 0) is 17.5 Å². The lowest BCUT2D eigenvalue weighted by atomic mass is 10.1. The number of alkyl halides is 3. The SMILES string of the molecule is COc1ccc(-n2ncc(C(=O)NCc3cccc(NC(=O)C4CCCC4)c3)c2C(F)(F)F)nn1. The normalized spacial score (nSPS) is 14.1. The Morgan fingerprint density at radius 1 is 1.14 bits per heavy atom. The Balaban J connectivity index is 1.48. The fraction of sp³-hybridized carbons (Fsp3) is 0.348. The highest BCUT2D eigenvalue weighted by molar-refractivity contribution is 5.95. The molecule has 184 valence electrons. The van der Waals surface area contributed by atoms with Crippen LogP contribution in [0.15, 0.2) is 42.6 Å². The van der Waals surface area contributed by atoms with E-state index < -0.39 is 23.3 Å². The van der Waals surface area contributed by atoms with Gasteiger partial charge < -0.3 is 15.4 Å². The molecular formula is C23H23F3N6O3. The van der Waals surface area contributed by atoms with Gasteiger partial charge in [-0.1, -0.05) is 25.0 Å². The Labute approximate surface area is 198 Å². The number of nitrogens with one attached hydrogen (secondary N) is 2. The van der Waals surface area contributed by atoms with E-state index in [1.165, 1.54) is 19.2 Å². The van der Waals surface area contributed by atoms with Crippen molar-refractivity contribution < 1.29 is 27.5 Å². The zero-order valence-corrected chi connectivity index (χ0v) is 18.8. The second kappa shape index (κ2) is 10.1. The van der Waals surface area contributed by atoms with Crippen molar-refractivity contribution in [1.82, 2.24) is 25.3 Å². The van der Waals surface area contributed by atoms with Crippen LogP contribution in [0.2, 0.25) is 0 Å². The van der Waals surface area contributed by atoms with E-state index in [9.17, 15) is 22.8 Å². The van der Waals surface area contributed by atoms with Crippen molar-refractivity contribution in [3.05, 3.63) is 59.4 Å². The number of amides is 2. The quantitative estimate of drug-likeness (QED) is 0.524. The first-order valence-electron chi connectivity index (χ1n) is 11.0. The zero-order valence-electron chi connectivity index (χ0n) is 18.8. The van der Waals surface area contributed by atoms with Gasteiger partial charge in [-0.2, -0.15) is 18.3 Å². The van der Waals surface area contributed by atoms with E-state index in [4.69, 9.17) is 4.74 Å². The van der Waals surface area contributed by atoms with E-state index in [1.54, 1.807) is 24.3 Å². The molecule has 0 spiro atoms. The average molecular weight is 488 g/mol. The fourth-order valence-electron chi connectivity index (χ4n) is 3.96. The summed E-state index contributed by atoms with van der Waals surface area (Å²) in [5.74, 6) is -1.11. The number of halogens is 3. The third-order valence-electron chi connectivity index (χ3n) is 5.71. The number of carbonyl (C=O) groups excluding carboxylic acids is 2. The number of nitrogens with zero attached hydrogens (tertiary/aromatic N) is 4. The molecule has 1 aromatic carbocycles. The largest absolute Gasteiger partial charge is 0.480 e. The first kappa shape index (κ1) is 24.2. The van der Waals surface area contributed by atoms with Crippen LogP contribution in [0.4, 0.5) is 18.9 Å². The summed E-state index contributed by atoms with van der Waals surface area (Å²) >= 11 is 0. The van der Waals surface area contributed by atoms with Crippen LogP contribution in [0.1, 0.15) is 47.3 Å². The summed E-state index contributed by atoms with van der Waals surface area (Å²) in [6.45, 7) is -0.0449. The third-order valence-corrected chi connectivity index (χ3v) is 5.71. The van der Waals surface area contributed by atoms with Gasteiger partial charge in [-0.05, 0) is 36.6 Å². The van der Waals surface area contributed by atoms with Crippen LogP contribution in [0.5, 0.6) is 5.88 Å². The van der Waals surface area contributed by atoms with Crippen molar-refractivity contribution >= 4 is 17.5 Å². The van der Waals surface area contributed by atoms with Crippen molar-refractivity contribution in [3.63, 3.8) is 0 Å². The molecule has 2 heterocycles. The third kappa shape index (κ3) is 5.58. The number of carbonyl (C=O) groups is 2. The van der Waals surface area contributed by atoms with Crippen LogP contribution >= 0.6 is 0 Å². The minimum absolute atomic E-state index is 0.00826. The molecule has 1 aliphatic rings. The predicted octanol–water partition coefficient (Wildman–Crippen LogP) is 3.75. The summed E-state index contributed by atoms with van der Waals surface area (Å²) in [6.07, 6.45) is -0.257. The van der Waals surface area contributed by atoms with E-state index in [-0.39, 0.29) is 30.1 Å². The molecule has 4 rings (SSSR count). The number of anilines is 1. The van der Waals surface area contributed by atoms with Gasteiger partial charge in [0.05, 0.1) is 18.9 Å². The second-order valence-corrected chi connectivity index (χ2v) is 8.10. The molecule has 3 aromatic rings. The van der Waals surface area contributed by atoms with E-state index in [2.05, 4.69) is 25.9 Å². The van der Waals surface area contributed by atoms with Crippen molar-refractivity contribution in [2.75, 3.05) is 12.4 Å². The van der Waals surface area contributed by atoms with E-state index in [0.29, 0.717) is 15.9 Å². The molecule has 1 aliphatic carbocycles. The number of ether oxygens (including phenoxy) is 1. The topological polar surface area (TPSA) is 111 Å². The van der Waals surface area contributed by atoms with Gasteiger partial charge in [0.15, 0.2) is 11.5 Å².